The number of hydrogen-bond acceptors (Lipinski definition) is 4. The lowest BCUT2D eigenvalue weighted by Crippen LogP contribution is -2.33. The first-order valence-electron chi connectivity index (χ1n) is 12.2. The second-order valence-electron chi connectivity index (χ2n) is 9.32. The molecular weight excluding hydrogens is 426 g/mol. The molecule has 0 saturated carbocycles. The van der Waals surface area contributed by atoms with Gasteiger partial charge in [0.05, 0.1) is 19.8 Å². The van der Waals surface area contributed by atoms with Gasteiger partial charge in [-0.05, 0) is 99.8 Å². The summed E-state index contributed by atoms with van der Waals surface area (Å²) in [6, 6.07) is 14.2. The van der Waals surface area contributed by atoms with Crippen LogP contribution in [0.25, 0.3) is 21.8 Å². The van der Waals surface area contributed by atoms with Gasteiger partial charge in [-0.15, -0.1) is 0 Å². The Bertz CT molecular complexity index is 1280. The molecule has 1 saturated heterocycles. The van der Waals surface area contributed by atoms with E-state index in [0.29, 0.717) is 11.5 Å². The Labute approximate surface area is 200 Å². The fourth-order valence-electron chi connectivity index (χ4n) is 5.23. The molecule has 6 heteroatoms. The molecule has 0 spiro atoms. The van der Waals surface area contributed by atoms with Crippen molar-refractivity contribution in [3.05, 3.63) is 65.5 Å². The number of rotatable bonds is 8. The van der Waals surface area contributed by atoms with E-state index < -0.39 is 0 Å². The fraction of sp³-hybridized carbons (Fsp3) is 0.393. The van der Waals surface area contributed by atoms with E-state index >= 15 is 0 Å². The second kappa shape index (κ2) is 9.94. The summed E-state index contributed by atoms with van der Waals surface area (Å²) in [5.41, 5.74) is 5.49. The smallest absolute Gasteiger partial charge is 0.337 e. The van der Waals surface area contributed by atoms with Crippen molar-refractivity contribution in [2.75, 3.05) is 33.9 Å². The molecule has 2 aromatic carbocycles. The number of esters is 1. The molecule has 4 aromatic rings. The molecule has 3 heterocycles. The van der Waals surface area contributed by atoms with Crippen molar-refractivity contribution in [1.82, 2.24) is 14.9 Å². The van der Waals surface area contributed by atoms with Crippen molar-refractivity contribution >= 4 is 27.8 Å². The summed E-state index contributed by atoms with van der Waals surface area (Å²) in [7, 11) is 3.14. The molecule has 0 radical (unpaired) electrons. The summed E-state index contributed by atoms with van der Waals surface area (Å²) < 4.78 is 10.2. The number of hydrogen-bond donors (Lipinski definition) is 2. The van der Waals surface area contributed by atoms with Crippen LogP contribution in [-0.4, -0.2) is 54.7 Å². The van der Waals surface area contributed by atoms with Crippen molar-refractivity contribution in [2.45, 2.75) is 38.0 Å². The zero-order valence-corrected chi connectivity index (χ0v) is 20.0. The Balaban J connectivity index is 1.10. The quantitative estimate of drug-likeness (QED) is 0.264. The highest BCUT2D eigenvalue weighted by atomic mass is 16.5. The van der Waals surface area contributed by atoms with Crippen LogP contribution in [0.5, 0.6) is 5.75 Å². The molecule has 0 bridgehead atoms. The number of ether oxygens (including phenoxy) is 2. The molecule has 2 aromatic heterocycles. The maximum Gasteiger partial charge on any atom is 0.337 e. The van der Waals surface area contributed by atoms with Gasteiger partial charge in [0, 0.05) is 39.6 Å². The number of nitrogens with one attached hydrogen (secondary N) is 2. The van der Waals surface area contributed by atoms with Crippen LogP contribution >= 0.6 is 0 Å². The van der Waals surface area contributed by atoms with E-state index in [9.17, 15) is 4.79 Å². The van der Waals surface area contributed by atoms with E-state index in [4.69, 9.17) is 9.47 Å². The standard InChI is InChI=1S/C28H33N3O3/c1-33-23-7-9-25-22(15-23)17-27(30-25)19-10-13-31(14-11-19)12-4-3-5-21-18-29-26-8-6-20(16-24(21)26)28(32)34-2/h6-9,15-19,29-30H,3-5,10-14H2,1-2H3. The van der Waals surface area contributed by atoms with Crippen LogP contribution in [0.2, 0.25) is 0 Å². The molecule has 1 aliphatic rings. The Hall–Kier alpha value is -3.25. The van der Waals surface area contributed by atoms with Crippen molar-refractivity contribution in [3.63, 3.8) is 0 Å². The molecular formula is C28H33N3O3. The zero-order valence-electron chi connectivity index (χ0n) is 20.0. The molecule has 0 atom stereocenters. The Morgan fingerprint density at radius 2 is 1.85 bits per heavy atom. The minimum Gasteiger partial charge on any atom is -0.497 e. The van der Waals surface area contributed by atoms with E-state index in [-0.39, 0.29) is 5.97 Å². The minimum atomic E-state index is -0.287. The van der Waals surface area contributed by atoms with Crippen molar-refractivity contribution in [2.24, 2.45) is 0 Å². The number of H-pyrrole nitrogens is 2. The predicted molar refractivity (Wildman–Crippen MR) is 136 cm³/mol. The molecule has 0 unspecified atom stereocenters. The van der Waals surface area contributed by atoms with E-state index in [0.717, 1.165) is 49.1 Å². The van der Waals surface area contributed by atoms with E-state index in [1.54, 1.807) is 7.11 Å². The van der Waals surface area contributed by atoms with Gasteiger partial charge in [-0.3, -0.25) is 0 Å². The van der Waals surface area contributed by atoms with Gasteiger partial charge in [0.25, 0.3) is 0 Å². The molecule has 34 heavy (non-hydrogen) atoms. The van der Waals surface area contributed by atoms with Crippen molar-refractivity contribution in [1.29, 1.82) is 0 Å². The van der Waals surface area contributed by atoms with Crippen LogP contribution in [0.15, 0.2) is 48.7 Å². The number of likely N-dealkylation sites (tertiary alicyclic amines) is 1. The molecule has 0 aliphatic carbocycles. The van der Waals surface area contributed by atoms with Gasteiger partial charge in [0.1, 0.15) is 5.75 Å². The number of carbonyl (C=O) groups excluding carboxylic acids is 1. The first-order valence-corrected chi connectivity index (χ1v) is 12.2. The molecule has 0 amide bonds. The van der Waals surface area contributed by atoms with E-state index in [1.165, 1.54) is 48.5 Å². The topological polar surface area (TPSA) is 70.3 Å². The monoisotopic (exact) mass is 459 g/mol. The fourth-order valence-corrected chi connectivity index (χ4v) is 5.23. The number of unbranched alkanes of at least 4 members (excludes halogenated alkanes) is 1. The average molecular weight is 460 g/mol. The van der Waals surface area contributed by atoms with Crippen LogP contribution in [-0.2, 0) is 11.2 Å². The first kappa shape index (κ1) is 22.5. The number of aromatic amines is 2. The lowest BCUT2D eigenvalue weighted by molar-refractivity contribution is 0.0601. The van der Waals surface area contributed by atoms with Gasteiger partial charge in [0.2, 0.25) is 0 Å². The van der Waals surface area contributed by atoms with Crippen molar-refractivity contribution in [3.8, 4) is 5.75 Å². The number of piperidine rings is 1. The third-order valence-electron chi connectivity index (χ3n) is 7.24. The molecule has 178 valence electrons. The maximum absolute atomic E-state index is 11.9. The van der Waals surface area contributed by atoms with Crippen molar-refractivity contribution < 1.29 is 14.3 Å². The number of methoxy groups -OCH3 is 2. The van der Waals surface area contributed by atoms with Crippen LogP contribution in [0.3, 0.4) is 0 Å². The largest absolute Gasteiger partial charge is 0.497 e. The number of aromatic nitrogens is 2. The van der Waals surface area contributed by atoms with Gasteiger partial charge in [-0.1, -0.05) is 0 Å². The lowest BCUT2D eigenvalue weighted by Gasteiger charge is -2.31. The highest BCUT2D eigenvalue weighted by molar-refractivity contribution is 5.95. The minimum absolute atomic E-state index is 0.287. The third kappa shape index (κ3) is 4.68. The summed E-state index contributed by atoms with van der Waals surface area (Å²) in [6.45, 7) is 3.45. The van der Waals surface area contributed by atoms with Gasteiger partial charge in [0.15, 0.2) is 0 Å². The zero-order chi connectivity index (χ0) is 23.5. The number of nitrogens with zero attached hydrogens (tertiary/aromatic N) is 1. The molecule has 1 aliphatic heterocycles. The lowest BCUT2D eigenvalue weighted by atomic mass is 9.93. The SMILES string of the molecule is COC(=O)c1ccc2[nH]cc(CCCCN3CCC(c4cc5cc(OC)ccc5[nH]4)CC3)c2c1. The number of aryl methyl sites for hydroxylation is 1. The van der Waals surface area contributed by atoms with Crippen LogP contribution in [0.1, 0.15) is 53.2 Å². The molecule has 2 N–H and O–H groups in total. The Kier molecular flexibility index (Phi) is 6.59. The second-order valence-corrected chi connectivity index (χ2v) is 9.32. The summed E-state index contributed by atoms with van der Waals surface area (Å²) in [5.74, 6) is 1.22. The van der Waals surface area contributed by atoms with Crippen LogP contribution < -0.4 is 4.74 Å². The predicted octanol–water partition coefficient (Wildman–Crippen LogP) is 5.65. The summed E-state index contributed by atoms with van der Waals surface area (Å²) in [5, 5.41) is 2.35. The normalized spacial score (nSPS) is 15.2. The summed E-state index contributed by atoms with van der Waals surface area (Å²) in [4.78, 5) is 21.4. The van der Waals surface area contributed by atoms with E-state index in [2.05, 4.69) is 39.3 Å². The number of benzene rings is 2. The highest BCUT2D eigenvalue weighted by Gasteiger charge is 2.22. The van der Waals surface area contributed by atoms with Gasteiger partial charge < -0.3 is 24.3 Å². The first-order chi connectivity index (χ1) is 16.6. The number of carbonyl (C=O) groups is 1. The molecule has 6 nitrogen and oxygen atoms in total. The summed E-state index contributed by atoms with van der Waals surface area (Å²) >= 11 is 0. The third-order valence-corrected chi connectivity index (χ3v) is 7.24. The summed E-state index contributed by atoms with van der Waals surface area (Å²) in [6.07, 6.45) is 7.80. The Morgan fingerprint density at radius 1 is 1.03 bits per heavy atom. The maximum atomic E-state index is 11.9. The number of fused-ring (bicyclic) bond motifs is 2. The van der Waals surface area contributed by atoms with Gasteiger partial charge in [-0.2, -0.15) is 0 Å². The highest BCUT2D eigenvalue weighted by Crippen LogP contribution is 2.31. The molecule has 5 rings (SSSR count). The van der Waals surface area contributed by atoms with E-state index in [1.807, 2.05) is 24.3 Å². The molecule has 1 fully saturated rings. The Morgan fingerprint density at radius 3 is 2.65 bits per heavy atom. The van der Waals surface area contributed by atoms with Crippen LogP contribution in [0, 0.1) is 0 Å². The van der Waals surface area contributed by atoms with Gasteiger partial charge >= 0.3 is 5.97 Å². The van der Waals surface area contributed by atoms with Gasteiger partial charge in [-0.25, -0.2) is 4.79 Å². The average Bonchev–Trinajstić information content (AvgIpc) is 3.49. The van der Waals surface area contributed by atoms with Crippen LogP contribution in [0.4, 0.5) is 0 Å².